The Balaban J connectivity index is 2.11. The first kappa shape index (κ1) is 23.1. The normalized spacial score (nSPS) is 19.7. The molecule has 0 saturated carbocycles. The van der Waals surface area contributed by atoms with Crippen LogP contribution in [0.25, 0.3) is 0 Å². The number of aliphatic hydroxyl groups is 1. The van der Waals surface area contributed by atoms with Gasteiger partial charge in [0.1, 0.15) is 17.0 Å². The van der Waals surface area contributed by atoms with E-state index in [4.69, 9.17) is 9.47 Å². The lowest BCUT2D eigenvalue weighted by Crippen LogP contribution is -2.47. The van der Waals surface area contributed by atoms with Gasteiger partial charge < -0.3 is 14.6 Å². The highest BCUT2D eigenvalue weighted by Crippen LogP contribution is 2.54. The van der Waals surface area contributed by atoms with E-state index in [0.29, 0.717) is 22.9 Å². The summed E-state index contributed by atoms with van der Waals surface area (Å²) in [6, 6.07) is 9.84. The quantitative estimate of drug-likeness (QED) is 0.616. The Bertz CT molecular complexity index is 1000. The standard InChI is InChI=1S/C26H35NO4/c1-15(2)18-10-12-19(13-11-18)26(29)20-14-21(27-23(28)31-24(5,6)7)16(3)17(4)22(20)30-25(26,8)9/h10-15,29H,1-9H3,(H,27,28). The van der Waals surface area contributed by atoms with Crippen molar-refractivity contribution in [2.24, 2.45) is 0 Å². The molecular formula is C26H35NO4. The van der Waals surface area contributed by atoms with Crippen molar-refractivity contribution in [3.05, 3.63) is 58.1 Å². The molecule has 3 rings (SSSR count). The van der Waals surface area contributed by atoms with Gasteiger partial charge in [-0.3, -0.25) is 5.32 Å². The monoisotopic (exact) mass is 425 g/mol. The van der Waals surface area contributed by atoms with Crippen LogP contribution in [0, 0.1) is 13.8 Å². The van der Waals surface area contributed by atoms with E-state index in [2.05, 4.69) is 19.2 Å². The Morgan fingerprint density at radius 3 is 2.19 bits per heavy atom. The van der Waals surface area contributed by atoms with E-state index in [0.717, 1.165) is 16.7 Å². The minimum Gasteiger partial charge on any atom is -0.483 e. The number of anilines is 1. The molecule has 1 aliphatic heterocycles. The molecule has 0 aliphatic carbocycles. The predicted octanol–water partition coefficient (Wildman–Crippen LogP) is 6.18. The van der Waals surface area contributed by atoms with Gasteiger partial charge in [0, 0.05) is 11.3 Å². The lowest BCUT2D eigenvalue weighted by molar-refractivity contribution is -0.0643. The molecule has 0 spiro atoms. The number of fused-ring (bicyclic) bond motifs is 1. The Morgan fingerprint density at radius 2 is 1.68 bits per heavy atom. The Morgan fingerprint density at radius 1 is 1.10 bits per heavy atom. The van der Waals surface area contributed by atoms with E-state index in [1.165, 1.54) is 5.56 Å². The summed E-state index contributed by atoms with van der Waals surface area (Å²) in [7, 11) is 0. The van der Waals surface area contributed by atoms with Crippen LogP contribution in [-0.4, -0.2) is 22.4 Å². The molecule has 0 saturated heterocycles. The predicted molar refractivity (Wildman–Crippen MR) is 124 cm³/mol. The van der Waals surface area contributed by atoms with Crippen LogP contribution in [0.5, 0.6) is 5.75 Å². The number of carbonyl (C=O) groups excluding carboxylic acids is 1. The van der Waals surface area contributed by atoms with Crippen molar-refractivity contribution in [3.63, 3.8) is 0 Å². The van der Waals surface area contributed by atoms with Crippen LogP contribution in [0.3, 0.4) is 0 Å². The summed E-state index contributed by atoms with van der Waals surface area (Å²) in [5.74, 6) is 1.06. The lowest BCUT2D eigenvalue weighted by atomic mass is 9.75. The zero-order valence-electron chi connectivity index (χ0n) is 20.1. The lowest BCUT2D eigenvalue weighted by Gasteiger charge is -2.36. The SMILES string of the molecule is Cc1c(NC(=O)OC(C)(C)C)cc2c(c1C)OC(C)(C)C2(O)c1ccc(C(C)C)cc1. The summed E-state index contributed by atoms with van der Waals surface area (Å²) in [6.45, 7) is 17.4. The van der Waals surface area contributed by atoms with E-state index >= 15 is 0 Å². The second-order valence-corrected chi connectivity index (χ2v) is 10.3. The highest BCUT2D eigenvalue weighted by molar-refractivity contribution is 5.87. The van der Waals surface area contributed by atoms with Crippen molar-refractivity contribution in [2.45, 2.75) is 85.0 Å². The van der Waals surface area contributed by atoms with Crippen LogP contribution in [0.2, 0.25) is 0 Å². The maximum Gasteiger partial charge on any atom is 0.412 e. The van der Waals surface area contributed by atoms with Gasteiger partial charge in [0.25, 0.3) is 0 Å². The van der Waals surface area contributed by atoms with Gasteiger partial charge in [0.05, 0.1) is 0 Å². The average molecular weight is 426 g/mol. The third-order valence-electron chi connectivity index (χ3n) is 6.09. The number of rotatable bonds is 3. The molecule has 0 radical (unpaired) electrons. The molecule has 1 amide bonds. The van der Waals surface area contributed by atoms with E-state index in [1.807, 2.05) is 78.8 Å². The van der Waals surface area contributed by atoms with Crippen molar-refractivity contribution >= 4 is 11.8 Å². The first-order valence-electron chi connectivity index (χ1n) is 10.8. The molecule has 2 aromatic carbocycles. The topological polar surface area (TPSA) is 67.8 Å². The smallest absolute Gasteiger partial charge is 0.412 e. The van der Waals surface area contributed by atoms with Crippen molar-refractivity contribution in [2.75, 3.05) is 5.32 Å². The fourth-order valence-electron chi connectivity index (χ4n) is 4.10. The molecule has 1 aliphatic rings. The van der Waals surface area contributed by atoms with Crippen LogP contribution in [-0.2, 0) is 10.3 Å². The maximum atomic E-state index is 12.4. The summed E-state index contributed by atoms with van der Waals surface area (Å²) in [5, 5.41) is 14.9. The first-order valence-corrected chi connectivity index (χ1v) is 10.8. The number of ether oxygens (including phenoxy) is 2. The number of nitrogens with one attached hydrogen (secondary N) is 1. The van der Waals surface area contributed by atoms with Gasteiger partial charge in [0.15, 0.2) is 5.60 Å². The Hall–Kier alpha value is -2.53. The van der Waals surface area contributed by atoms with E-state index < -0.39 is 22.9 Å². The summed E-state index contributed by atoms with van der Waals surface area (Å²) < 4.78 is 11.7. The molecule has 168 valence electrons. The highest BCUT2D eigenvalue weighted by atomic mass is 16.6. The third kappa shape index (κ3) is 4.03. The number of hydrogen-bond donors (Lipinski definition) is 2. The van der Waals surface area contributed by atoms with Gasteiger partial charge in [-0.25, -0.2) is 4.79 Å². The van der Waals surface area contributed by atoms with Crippen molar-refractivity contribution in [1.82, 2.24) is 0 Å². The molecule has 5 nitrogen and oxygen atoms in total. The summed E-state index contributed by atoms with van der Waals surface area (Å²) >= 11 is 0. The van der Waals surface area contributed by atoms with Crippen LogP contribution in [0.15, 0.2) is 30.3 Å². The molecule has 2 aromatic rings. The minimum atomic E-state index is -1.37. The number of amides is 1. The molecule has 1 atom stereocenters. The highest BCUT2D eigenvalue weighted by Gasteiger charge is 2.56. The minimum absolute atomic E-state index is 0.401. The fourth-order valence-corrected chi connectivity index (χ4v) is 4.10. The first-order chi connectivity index (χ1) is 14.2. The Kier molecular flexibility index (Phi) is 5.64. The third-order valence-corrected chi connectivity index (χ3v) is 6.09. The van der Waals surface area contributed by atoms with Crippen molar-refractivity contribution in [3.8, 4) is 5.75 Å². The largest absolute Gasteiger partial charge is 0.483 e. The molecule has 1 heterocycles. The van der Waals surface area contributed by atoms with E-state index in [-0.39, 0.29) is 0 Å². The number of carbonyl (C=O) groups is 1. The van der Waals surface area contributed by atoms with Gasteiger partial charge in [0.2, 0.25) is 0 Å². The van der Waals surface area contributed by atoms with E-state index in [1.54, 1.807) is 0 Å². The van der Waals surface area contributed by atoms with Gasteiger partial charge in [-0.1, -0.05) is 38.1 Å². The van der Waals surface area contributed by atoms with Gasteiger partial charge in [-0.2, -0.15) is 0 Å². The second-order valence-electron chi connectivity index (χ2n) is 10.3. The summed E-state index contributed by atoms with van der Waals surface area (Å²) in [6.07, 6.45) is -0.530. The maximum absolute atomic E-state index is 12.4. The second kappa shape index (κ2) is 7.56. The molecular weight excluding hydrogens is 390 g/mol. The number of hydrogen-bond acceptors (Lipinski definition) is 4. The van der Waals surface area contributed by atoms with Gasteiger partial charge in [-0.15, -0.1) is 0 Å². The van der Waals surface area contributed by atoms with Crippen LogP contribution in [0.1, 0.15) is 82.2 Å². The molecule has 0 bridgehead atoms. The molecule has 31 heavy (non-hydrogen) atoms. The number of benzene rings is 2. The van der Waals surface area contributed by atoms with E-state index in [9.17, 15) is 9.90 Å². The zero-order valence-corrected chi connectivity index (χ0v) is 20.1. The van der Waals surface area contributed by atoms with Gasteiger partial charge in [-0.05, 0) is 82.7 Å². The van der Waals surface area contributed by atoms with Crippen molar-refractivity contribution in [1.29, 1.82) is 0 Å². The summed E-state index contributed by atoms with van der Waals surface area (Å²) in [4.78, 5) is 12.4. The Labute approximate surface area is 185 Å². The van der Waals surface area contributed by atoms with Crippen LogP contribution in [0.4, 0.5) is 10.5 Å². The molecule has 0 fully saturated rings. The molecule has 5 heteroatoms. The van der Waals surface area contributed by atoms with Crippen molar-refractivity contribution < 1.29 is 19.4 Å². The van der Waals surface area contributed by atoms with Crippen LogP contribution >= 0.6 is 0 Å². The zero-order chi connectivity index (χ0) is 23.4. The van der Waals surface area contributed by atoms with Gasteiger partial charge >= 0.3 is 6.09 Å². The summed E-state index contributed by atoms with van der Waals surface area (Å²) in [5.41, 5.74) is 2.09. The molecule has 1 unspecified atom stereocenters. The fraction of sp³-hybridized carbons (Fsp3) is 0.500. The average Bonchev–Trinajstić information content (AvgIpc) is 2.85. The molecule has 2 N–H and O–H groups in total. The van der Waals surface area contributed by atoms with Crippen LogP contribution < -0.4 is 10.1 Å². The molecule has 0 aromatic heterocycles.